The smallest absolute Gasteiger partial charge is 0.275 e. The molecule has 25 heavy (non-hydrogen) atoms. The molecule has 1 aromatic heterocycles. The second-order valence-corrected chi connectivity index (χ2v) is 6.33. The first-order chi connectivity index (χ1) is 12.0. The fraction of sp³-hybridized carbons (Fsp3) is 0.0588. The summed E-state index contributed by atoms with van der Waals surface area (Å²) in [5, 5.41) is 5.24. The Morgan fingerprint density at radius 2 is 1.92 bits per heavy atom. The number of hydrogen-bond donors (Lipinski definition) is 1. The first kappa shape index (κ1) is 17.3. The Balaban J connectivity index is 1.61. The fourth-order valence-electron chi connectivity index (χ4n) is 1.93. The summed E-state index contributed by atoms with van der Waals surface area (Å²) in [6, 6.07) is 9.99. The van der Waals surface area contributed by atoms with Gasteiger partial charge in [-0.1, -0.05) is 11.6 Å². The van der Waals surface area contributed by atoms with Crippen molar-refractivity contribution in [1.82, 2.24) is 4.98 Å². The minimum Gasteiger partial charge on any atom is -0.486 e. The summed E-state index contributed by atoms with van der Waals surface area (Å²) in [6.07, 6.45) is 0. The van der Waals surface area contributed by atoms with Crippen LogP contribution in [0, 0.1) is 11.6 Å². The summed E-state index contributed by atoms with van der Waals surface area (Å²) in [5.74, 6) is -1.89. The Morgan fingerprint density at radius 3 is 2.64 bits per heavy atom. The second kappa shape index (κ2) is 7.58. The van der Waals surface area contributed by atoms with Crippen LogP contribution in [0.5, 0.6) is 5.75 Å². The lowest BCUT2D eigenvalue weighted by atomic mass is 10.3. The van der Waals surface area contributed by atoms with Gasteiger partial charge in [-0.25, -0.2) is 13.8 Å². The van der Waals surface area contributed by atoms with E-state index in [1.165, 1.54) is 17.4 Å². The van der Waals surface area contributed by atoms with Crippen molar-refractivity contribution in [1.29, 1.82) is 0 Å². The average Bonchev–Trinajstić information content (AvgIpc) is 3.07. The van der Waals surface area contributed by atoms with Crippen molar-refractivity contribution in [3.63, 3.8) is 0 Å². The lowest BCUT2D eigenvalue weighted by molar-refractivity contribution is 0.102. The number of benzene rings is 2. The number of ether oxygens (including phenoxy) is 1. The maximum Gasteiger partial charge on any atom is 0.275 e. The Hall–Kier alpha value is -2.51. The highest BCUT2D eigenvalue weighted by Gasteiger charge is 2.12. The number of nitrogens with one attached hydrogen (secondary N) is 1. The van der Waals surface area contributed by atoms with Crippen LogP contribution in [0.2, 0.25) is 5.02 Å². The zero-order valence-electron chi connectivity index (χ0n) is 12.6. The molecule has 3 aromatic rings. The van der Waals surface area contributed by atoms with Crippen LogP contribution in [-0.2, 0) is 6.61 Å². The number of rotatable bonds is 5. The molecule has 3 rings (SSSR count). The Bertz CT molecular complexity index is 900. The average molecular weight is 381 g/mol. The van der Waals surface area contributed by atoms with E-state index in [0.717, 1.165) is 12.1 Å². The standard InChI is InChI=1S/C17H11ClF2N2O2S/c18-10-1-4-12(5-2-10)24-8-16-22-15(9-25-16)17(23)21-11-3-6-13(19)14(20)7-11/h1-7,9H,8H2,(H,21,23). The van der Waals surface area contributed by atoms with Crippen LogP contribution < -0.4 is 10.1 Å². The highest BCUT2D eigenvalue weighted by atomic mass is 35.5. The van der Waals surface area contributed by atoms with Crippen molar-refractivity contribution < 1.29 is 18.3 Å². The molecule has 0 aliphatic heterocycles. The van der Waals surface area contributed by atoms with Crippen LogP contribution in [0.25, 0.3) is 0 Å². The lowest BCUT2D eigenvalue weighted by Crippen LogP contribution is -2.13. The van der Waals surface area contributed by atoms with Crippen molar-refractivity contribution in [3.8, 4) is 5.75 Å². The molecule has 1 N–H and O–H groups in total. The van der Waals surface area contributed by atoms with Crippen LogP contribution in [0.1, 0.15) is 15.5 Å². The van der Waals surface area contributed by atoms with Gasteiger partial charge in [-0.2, -0.15) is 0 Å². The molecule has 2 aromatic carbocycles. The van der Waals surface area contributed by atoms with E-state index in [1.807, 2.05) is 0 Å². The molecule has 0 radical (unpaired) electrons. The molecule has 1 heterocycles. The molecule has 0 aliphatic rings. The van der Waals surface area contributed by atoms with Gasteiger partial charge in [0, 0.05) is 22.2 Å². The topological polar surface area (TPSA) is 51.2 Å². The van der Waals surface area contributed by atoms with E-state index in [4.69, 9.17) is 16.3 Å². The van der Waals surface area contributed by atoms with Gasteiger partial charge in [0.1, 0.15) is 23.1 Å². The van der Waals surface area contributed by atoms with Gasteiger partial charge in [0.15, 0.2) is 11.6 Å². The minimum atomic E-state index is -1.03. The molecular formula is C17H11ClF2N2O2S. The SMILES string of the molecule is O=C(Nc1ccc(F)c(F)c1)c1csc(COc2ccc(Cl)cc2)n1. The number of halogens is 3. The maximum atomic E-state index is 13.2. The summed E-state index contributed by atoms with van der Waals surface area (Å²) in [6.45, 7) is 0.199. The molecule has 0 fully saturated rings. The quantitative estimate of drug-likeness (QED) is 0.684. The molecule has 0 atom stereocenters. The van der Waals surface area contributed by atoms with Gasteiger partial charge in [-0.15, -0.1) is 11.3 Å². The predicted octanol–water partition coefficient (Wildman–Crippen LogP) is 4.91. The maximum absolute atomic E-state index is 13.2. The molecule has 0 saturated carbocycles. The van der Waals surface area contributed by atoms with Gasteiger partial charge in [-0.3, -0.25) is 4.79 Å². The van der Waals surface area contributed by atoms with Gasteiger partial charge in [-0.05, 0) is 36.4 Å². The van der Waals surface area contributed by atoms with Gasteiger partial charge < -0.3 is 10.1 Å². The molecular weight excluding hydrogens is 370 g/mol. The summed E-state index contributed by atoms with van der Waals surface area (Å²) < 4.78 is 31.6. The van der Waals surface area contributed by atoms with Gasteiger partial charge in [0.05, 0.1) is 0 Å². The summed E-state index contributed by atoms with van der Waals surface area (Å²) in [5.41, 5.74) is 0.320. The largest absolute Gasteiger partial charge is 0.486 e. The zero-order chi connectivity index (χ0) is 17.8. The zero-order valence-corrected chi connectivity index (χ0v) is 14.2. The lowest BCUT2D eigenvalue weighted by Gasteiger charge is -2.04. The molecule has 0 spiro atoms. The van der Waals surface area contributed by atoms with E-state index in [-0.39, 0.29) is 18.0 Å². The van der Waals surface area contributed by atoms with Crippen LogP contribution in [-0.4, -0.2) is 10.9 Å². The van der Waals surface area contributed by atoms with Crippen LogP contribution >= 0.6 is 22.9 Å². The third kappa shape index (κ3) is 4.52. The van der Waals surface area contributed by atoms with Crippen molar-refractivity contribution >= 4 is 34.5 Å². The number of amides is 1. The highest BCUT2D eigenvalue weighted by Crippen LogP contribution is 2.19. The summed E-state index contributed by atoms with van der Waals surface area (Å²) >= 11 is 7.06. The van der Waals surface area contributed by atoms with E-state index >= 15 is 0 Å². The monoisotopic (exact) mass is 380 g/mol. The molecule has 128 valence electrons. The van der Waals surface area contributed by atoms with Crippen molar-refractivity contribution in [2.24, 2.45) is 0 Å². The normalized spacial score (nSPS) is 10.5. The molecule has 4 nitrogen and oxygen atoms in total. The van der Waals surface area contributed by atoms with Crippen LogP contribution in [0.3, 0.4) is 0 Å². The van der Waals surface area contributed by atoms with E-state index in [9.17, 15) is 13.6 Å². The Labute approximate surface area is 151 Å². The van der Waals surface area contributed by atoms with Crippen LogP contribution in [0.4, 0.5) is 14.5 Å². The molecule has 0 bridgehead atoms. The van der Waals surface area contributed by atoms with Gasteiger partial charge in [0.25, 0.3) is 5.91 Å². The van der Waals surface area contributed by atoms with Gasteiger partial charge >= 0.3 is 0 Å². The Kier molecular flexibility index (Phi) is 5.25. The third-order valence-electron chi connectivity index (χ3n) is 3.14. The van der Waals surface area contributed by atoms with E-state index in [0.29, 0.717) is 15.8 Å². The summed E-state index contributed by atoms with van der Waals surface area (Å²) in [4.78, 5) is 16.3. The van der Waals surface area contributed by atoms with Crippen molar-refractivity contribution in [2.75, 3.05) is 5.32 Å². The number of thiazole rings is 1. The van der Waals surface area contributed by atoms with E-state index in [2.05, 4.69) is 10.3 Å². The number of carbonyl (C=O) groups is 1. The molecule has 0 unspecified atom stereocenters. The highest BCUT2D eigenvalue weighted by molar-refractivity contribution is 7.09. The van der Waals surface area contributed by atoms with E-state index < -0.39 is 17.5 Å². The molecule has 1 amide bonds. The first-order valence-corrected chi connectivity index (χ1v) is 8.36. The predicted molar refractivity (Wildman–Crippen MR) is 92.2 cm³/mol. The number of nitrogens with zero attached hydrogens (tertiary/aromatic N) is 1. The minimum absolute atomic E-state index is 0.149. The number of aromatic nitrogens is 1. The fourth-order valence-corrected chi connectivity index (χ4v) is 2.74. The summed E-state index contributed by atoms with van der Waals surface area (Å²) in [7, 11) is 0. The molecule has 0 saturated heterocycles. The van der Waals surface area contributed by atoms with Gasteiger partial charge in [0.2, 0.25) is 0 Å². The van der Waals surface area contributed by atoms with Crippen LogP contribution in [0.15, 0.2) is 47.8 Å². The third-order valence-corrected chi connectivity index (χ3v) is 4.21. The second-order valence-electron chi connectivity index (χ2n) is 4.95. The number of hydrogen-bond acceptors (Lipinski definition) is 4. The van der Waals surface area contributed by atoms with E-state index in [1.54, 1.807) is 29.6 Å². The number of carbonyl (C=O) groups excluding carboxylic acids is 1. The van der Waals surface area contributed by atoms with Crippen molar-refractivity contribution in [2.45, 2.75) is 6.61 Å². The number of anilines is 1. The first-order valence-electron chi connectivity index (χ1n) is 7.10. The Morgan fingerprint density at radius 1 is 1.16 bits per heavy atom. The molecule has 0 aliphatic carbocycles. The molecule has 8 heteroatoms. The van der Waals surface area contributed by atoms with Crippen molar-refractivity contribution in [3.05, 3.63) is 75.2 Å².